The maximum atomic E-state index is 12.7. The molecule has 27 heavy (non-hydrogen) atoms. The summed E-state index contributed by atoms with van der Waals surface area (Å²) in [6.07, 6.45) is 2.79. The molecule has 0 aliphatic carbocycles. The Hall–Kier alpha value is -3.08. The van der Waals surface area contributed by atoms with Gasteiger partial charge in [0.25, 0.3) is 5.91 Å². The number of benzene rings is 2. The number of nitrogens with zero attached hydrogens (tertiary/aromatic N) is 3. The van der Waals surface area contributed by atoms with Crippen LogP contribution in [-0.2, 0) is 20.0 Å². The highest BCUT2D eigenvalue weighted by molar-refractivity contribution is 5.94. The SMILES string of the molecule is CCc1c(-c2ccc(C(=O)N(C)Cc3ccc(OC)cc3)cc2)cnn1C. The molecule has 3 rings (SSSR count). The molecule has 0 saturated heterocycles. The third-order valence-corrected chi connectivity index (χ3v) is 4.76. The fraction of sp³-hybridized carbons (Fsp3) is 0.273. The molecule has 0 aliphatic rings. The number of hydrogen-bond donors (Lipinski definition) is 0. The standard InChI is InChI=1S/C22H25N3O2/c1-5-21-20(14-23-25(21)3)17-8-10-18(11-9-17)22(26)24(2)15-16-6-12-19(27-4)13-7-16/h6-14H,5,15H2,1-4H3. The summed E-state index contributed by atoms with van der Waals surface area (Å²) in [5.74, 6) is 0.810. The number of rotatable bonds is 6. The molecule has 0 aliphatic heterocycles. The summed E-state index contributed by atoms with van der Waals surface area (Å²) in [5.41, 5.74) is 5.12. The molecule has 0 N–H and O–H groups in total. The molecule has 0 bridgehead atoms. The van der Waals surface area contributed by atoms with Gasteiger partial charge in [-0.2, -0.15) is 5.10 Å². The van der Waals surface area contributed by atoms with Crippen LogP contribution < -0.4 is 4.74 Å². The van der Waals surface area contributed by atoms with E-state index in [0.29, 0.717) is 12.1 Å². The molecule has 0 fully saturated rings. The first-order valence-corrected chi connectivity index (χ1v) is 9.03. The summed E-state index contributed by atoms with van der Waals surface area (Å²) in [7, 11) is 5.41. The lowest BCUT2D eigenvalue weighted by atomic mass is 10.0. The van der Waals surface area contributed by atoms with E-state index in [4.69, 9.17) is 4.74 Å². The molecular weight excluding hydrogens is 338 g/mol. The van der Waals surface area contributed by atoms with Crippen molar-refractivity contribution in [3.8, 4) is 16.9 Å². The van der Waals surface area contributed by atoms with Gasteiger partial charge in [0.2, 0.25) is 0 Å². The Morgan fingerprint density at radius 2 is 1.78 bits per heavy atom. The molecular formula is C22H25N3O2. The monoisotopic (exact) mass is 363 g/mol. The molecule has 0 radical (unpaired) electrons. The Bertz CT molecular complexity index is 912. The molecule has 5 heteroatoms. The minimum absolute atomic E-state index is 0.000676. The summed E-state index contributed by atoms with van der Waals surface area (Å²) in [6, 6.07) is 15.5. The van der Waals surface area contributed by atoms with Crippen molar-refractivity contribution in [2.45, 2.75) is 19.9 Å². The predicted octanol–water partition coefficient (Wildman–Crippen LogP) is 3.93. The summed E-state index contributed by atoms with van der Waals surface area (Å²) in [5, 5.41) is 4.34. The number of methoxy groups -OCH3 is 1. The molecule has 0 atom stereocenters. The molecule has 3 aromatic rings. The smallest absolute Gasteiger partial charge is 0.253 e. The minimum atomic E-state index is -0.000676. The number of aromatic nitrogens is 2. The van der Waals surface area contributed by atoms with E-state index in [9.17, 15) is 4.79 Å². The van der Waals surface area contributed by atoms with E-state index in [1.807, 2.05) is 73.5 Å². The van der Waals surface area contributed by atoms with Crippen LogP contribution >= 0.6 is 0 Å². The van der Waals surface area contributed by atoms with E-state index in [0.717, 1.165) is 28.9 Å². The van der Waals surface area contributed by atoms with Crippen LogP contribution in [0.5, 0.6) is 5.75 Å². The summed E-state index contributed by atoms with van der Waals surface area (Å²) in [4.78, 5) is 14.5. The first kappa shape index (κ1) is 18.7. The van der Waals surface area contributed by atoms with Crippen molar-refractivity contribution in [2.75, 3.05) is 14.2 Å². The second kappa shape index (κ2) is 8.08. The quantitative estimate of drug-likeness (QED) is 0.667. The molecule has 5 nitrogen and oxygen atoms in total. The van der Waals surface area contributed by atoms with Crippen molar-refractivity contribution in [3.05, 3.63) is 71.5 Å². The normalized spacial score (nSPS) is 10.7. The van der Waals surface area contributed by atoms with Crippen LogP contribution in [0.4, 0.5) is 0 Å². The third kappa shape index (κ3) is 4.03. The lowest BCUT2D eigenvalue weighted by molar-refractivity contribution is 0.0785. The summed E-state index contributed by atoms with van der Waals surface area (Å²) in [6.45, 7) is 2.67. The van der Waals surface area contributed by atoms with Crippen LogP contribution in [0.25, 0.3) is 11.1 Å². The van der Waals surface area contributed by atoms with Gasteiger partial charge in [-0.25, -0.2) is 0 Å². The lowest BCUT2D eigenvalue weighted by Gasteiger charge is -2.18. The molecule has 0 spiro atoms. The van der Waals surface area contributed by atoms with Gasteiger partial charge in [-0.15, -0.1) is 0 Å². The van der Waals surface area contributed by atoms with Gasteiger partial charge in [0.15, 0.2) is 0 Å². The maximum Gasteiger partial charge on any atom is 0.253 e. The van der Waals surface area contributed by atoms with E-state index in [-0.39, 0.29) is 5.91 Å². The molecule has 2 aromatic carbocycles. The van der Waals surface area contributed by atoms with Crippen LogP contribution in [0.1, 0.15) is 28.5 Å². The van der Waals surface area contributed by atoms with E-state index < -0.39 is 0 Å². The van der Waals surface area contributed by atoms with Crippen molar-refractivity contribution >= 4 is 5.91 Å². The predicted molar refractivity (Wildman–Crippen MR) is 107 cm³/mol. The van der Waals surface area contributed by atoms with Crippen molar-refractivity contribution < 1.29 is 9.53 Å². The minimum Gasteiger partial charge on any atom is -0.497 e. The van der Waals surface area contributed by atoms with Crippen LogP contribution in [0.3, 0.4) is 0 Å². The van der Waals surface area contributed by atoms with Gasteiger partial charge in [0, 0.05) is 37.5 Å². The molecule has 140 valence electrons. The van der Waals surface area contributed by atoms with E-state index in [1.54, 1.807) is 12.0 Å². The van der Waals surface area contributed by atoms with Crippen molar-refractivity contribution in [1.82, 2.24) is 14.7 Å². The lowest BCUT2D eigenvalue weighted by Crippen LogP contribution is -2.26. The number of carbonyl (C=O) groups excluding carboxylic acids is 1. The van der Waals surface area contributed by atoms with Crippen LogP contribution in [0, 0.1) is 0 Å². The van der Waals surface area contributed by atoms with Gasteiger partial charge in [-0.1, -0.05) is 31.2 Å². The van der Waals surface area contributed by atoms with Gasteiger partial charge in [0.05, 0.1) is 13.3 Å². The highest BCUT2D eigenvalue weighted by Gasteiger charge is 2.14. The largest absolute Gasteiger partial charge is 0.497 e. The molecule has 1 amide bonds. The van der Waals surface area contributed by atoms with Gasteiger partial charge < -0.3 is 9.64 Å². The van der Waals surface area contributed by atoms with Gasteiger partial charge in [-0.3, -0.25) is 9.48 Å². The summed E-state index contributed by atoms with van der Waals surface area (Å²) >= 11 is 0. The van der Waals surface area contributed by atoms with Gasteiger partial charge >= 0.3 is 0 Å². The first-order chi connectivity index (χ1) is 13.0. The first-order valence-electron chi connectivity index (χ1n) is 9.03. The van der Waals surface area contributed by atoms with Gasteiger partial charge in [-0.05, 0) is 41.8 Å². The number of amides is 1. The Balaban J connectivity index is 1.72. The van der Waals surface area contributed by atoms with E-state index >= 15 is 0 Å². The fourth-order valence-electron chi connectivity index (χ4n) is 3.21. The number of hydrogen-bond acceptors (Lipinski definition) is 3. The average molecular weight is 363 g/mol. The Morgan fingerprint density at radius 3 is 2.37 bits per heavy atom. The molecule has 0 saturated carbocycles. The van der Waals surface area contributed by atoms with Crippen LogP contribution in [0.15, 0.2) is 54.7 Å². The zero-order valence-corrected chi connectivity index (χ0v) is 16.3. The fourth-order valence-corrected chi connectivity index (χ4v) is 3.21. The molecule has 1 aromatic heterocycles. The van der Waals surface area contributed by atoms with Crippen molar-refractivity contribution in [2.24, 2.45) is 7.05 Å². The number of carbonyl (C=O) groups is 1. The maximum absolute atomic E-state index is 12.7. The van der Waals surface area contributed by atoms with E-state index in [2.05, 4.69) is 12.0 Å². The number of ether oxygens (including phenoxy) is 1. The zero-order chi connectivity index (χ0) is 19.4. The molecule has 0 unspecified atom stereocenters. The highest BCUT2D eigenvalue weighted by atomic mass is 16.5. The third-order valence-electron chi connectivity index (χ3n) is 4.76. The Morgan fingerprint density at radius 1 is 1.11 bits per heavy atom. The van der Waals surface area contributed by atoms with Crippen molar-refractivity contribution in [3.63, 3.8) is 0 Å². The zero-order valence-electron chi connectivity index (χ0n) is 16.3. The topological polar surface area (TPSA) is 47.4 Å². The second-order valence-corrected chi connectivity index (χ2v) is 6.57. The van der Waals surface area contributed by atoms with E-state index in [1.165, 1.54) is 5.69 Å². The average Bonchev–Trinajstić information content (AvgIpc) is 3.08. The second-order valence-electron chi connectivity index (χ2n) is 6.57. The van der Waals surface area contributed by atoms with Gasteiger partial charge in [0.1, 0.15) is 5.75 Å². The Kier molecular flexibility index (Phi) is 5.60. The summed E-state index contributed by atoms with van der Waals surface area (Å²) < 4.78 is 7.07. The van der Waals surface area contributed by atoms with Crippen LogP contribution in [0.2, 0.25) is 0 Å². The van der Waals surface area contributed by atoms with Crippen LogP contribution in [-0.4, -0.2) is 34.7 Å². The number of aryl methyl sites for hydroxylation is 1. The Labute approximate surface area is 160 Å². The molecule has 1 heterocycles. The van der Waals surface area contributed by atoms with Crippen molar-refractivity contribution in [1.29, 1.82) is 0 Å². The highest BCUT2D eigenvalue weighted by Crippen LogP contribution is 2.24.